The molecule has 12 nitrogen and oxygen atoms in total. The average Bonchev–Trinajstić information content (AvgIpc) is 1.53. The quantitative estimate of drug-likeness (QED) is 0.0526. The number of hydrogen-bond donors (Lipinski definition) is 6. The van der Waals surface area contributed by atoms with E-state index in [1.54, 1.807) is 0 Å². The Morgan fingerprint density at radius 3 is 0.795 bits per heavy atom. The van der Waals surface area contributed by atoms with Crippen LogP contribution in [0, 0.1) is 47.4 Å². The lowest BCUT2D eigenvalue weighted by Gasteiger charge is -2.06. The molecule has 0 unspecified atom stereocenters. The Kier molecular flexibility index (Phi) is 21.7. The number of fused-ring (bicyclic) bond motifs is 24. The van der Waals surface area contributed by atoms with Crippen molar-refractivity contribution in [1.29, 1.82) is 0 Å². The number of aryl methyl sites for hydroxylation is 8. The van der Waals surface area contributed by atoms with Crippen LogP contribution in [-0.2, 0) is 51.4 Å². The summed E-state index contributed by atoms with van der Waals surface area (Å²) in [6, 6.07) is 26.2. The van der Waals surface area contributed by atoms with Crippen LogP contribution >= 0.6 is 0 Å². The Morgan fingerprint density at radius 2 is 0.500 bits per heavy atom. The van der Waals surface area contributed by atoms with Crippen molar-refractivity contribution >= 4 is 135 Å². The lowest BCUT2D eigenvalue weighted by atomic mass is 9.96. The molecule has 9 aromatic heterocycles. The van der Waals surface area contributed by atoms with Crippen molar-refractivity contribution in [3.8, 4) is 47.4 Å². The van der Waals surface area contributed by atoms with Crippen LogP contribution in [0.2, 0.25) is 0 Å². The summed E-state index contributed by atoms with van der Waals surface area (Å²) in [5, 5.41) is 0. The molecule has 15 heterocycles. The fraction of sp³-hybridized carbons (Fsp3) is 0.320. The van der Waals surface area contributed by atoms with Crippen LogP contribution < -0.4 is 0 Å². The summed E-state index contributed by atoms with van der Waals surface area (Å²) in [5.74, 6) is 28.2. The lowest BCUT2D eigenvalue weighted by Crippen LogP contribution is -1.92. The van der Waals surface area contributed by atoms with Gasteiger partial charge in [0.25, 0.3) is 0 Å². The standard InChI is InChI=1S/C100H102N12/c1-17-61-65(21-5)89-53-93-69(25-9)73(29-13)97(109-93)79(98-74(30-14)70(26-10)94(110-98)54-90-66(22-6)62(18-2)86(106-90)51-85(61)105-89)39-35-33-37-77-81-45-41-57(101-81)49-59-43-47-83(103-59)78(84-48-44-60(104-84)50-58-42-46-82(77)102-58)38-34-36-40-80-99-75(31-15)71(27-11)95(111-99)55-91-67(23-7)63(19-3)87(107-91)52-88-64(20-4)68(24-8)92(108-88)56-96-72(28-12)76(32-16)100(80)112-96/h41-56,101,104-105,107,110,112H,17-32H2,1-16H3. The predicted molar refractivity (Wildman–Crippen MR) is 473 cm³/mol. The van der Waals surface area contributed by atoms with Crippen LogP contribution in [0.25, 0.3) is 135 Å². The molecule has 12 heteroatoms. The molecule has 0 saturated carbocycles. The molecule has 112 heavy (non-hydrogen) atoms. The van der Waals surface area contributed by atoms with E-state index in [0.717, 1.165) is 260 Å². The van der Waals surface area contributed by atoms with Gasteiger partial charge in [-0.3, -0.25) is 0 Å². The third-order valence-electron chi connectivity index (χ3n) is 23.5. The molecule has 0 aromatic carbocycles. The number of nitrogens with one attached hydrogen (secondary N) is 6. The van der Waals surface area contributed by atoms with E-state index in [1.165, 1.54) is 89.1 Å². The molecule has 0 saturated heterocycles. The molecule has 0 fully saturated rings. The molecule has 6 aliphatic heterocycles. The predicted octanol–water partition coefficient (Wildman–Crippen LogP) is 24.1. The van der Waals surface area contributed by atoms with Gasteiger partial charge in [-0.15, -0.1) is 0 Å². The normalized spacial score (nSPS) is 13.1. The van der Waals surface area contributed by atoms with Crippen molar-refractivity contribution in [3.63, 3.8) is 0 Å². The number of aromatic amines is 6. The van der Waals surface area contributed by atoms with E-state index in [2.05, 4.69) is 261 Å². The van der Waals surface area contributed by atoms with Gasteiger partial charge in [0.05, 0.1) is 113 Å². The van der Waals surface area contributed by atoms with Gasteiger partial charge < -0.3 is 29.9 Å². The van der Waals surface area contributed by atoms with E-state index in [-0.39, 0.29) is 0 Å². The van der Waals surface area contributed by atoms with Crippen LogP contribution in [0.15, 0.2) is 72.8 Å². The smallest absolute Gasteiger partial charge is 0.0850 e. The summed E-state index contributed by atoms with van der Waals surface area (Å²) in [5.41, 5.74) is 46.2. The van der Waals surface area contributed by atoms with Gasteiger partial charge in [-0.2, -0.15) is 0 Å². The summed E-state index contributed by atoms with van der Waals surface area (Å²) in [4.78, 5) is 56.1. The van der Waals surface area contributed by atoms with Crippen molar-refractivity contribution in [2.45, 2.75) is 214 Å². The monoisotopic (exact) mass is 1470 g/mol. The van der Waals surface area contributed by atoms with Gasteiger partial charge in [-0.1, -0.05) is 111 Å². The number of hydrogen-bond acceptors (Lipinski definition) is 6. The first-order chi connectivity index (χ1) is 54.7. The van der Waals surface area contributed by atoms with Crippen molar-refractivity contribution in [1.82, 2.24) is 59.8 Å². The minimum atomic E-state index is 0.719. The van der Waals surface area contributed by atoms with E-state index < -0.39 is 0 Å². The molecule has 0 aliphatic carbocycles. The highest BCUT2D eigenvalue weighted by molar-refractivity contribution is 6.01. The van der Waals surface area contributed by atoms with Crippen LogP contribution in [0.5, 0.6) is 0 Å². The second-order valence-corrected chi connectivity index (χ2v) is 29.3. The molecular weight excluding hydrogens is 1370 g/mol. The average molecular weight is 1470 g/mol. The zero-order valence-electron chi connectivity index (χ0n) is 68.2. The van der Waals surface area contributed by atoms with Crippen LogP contribution in [0.1, 0.15) is 297 Å². The SMILES string of the molecule is CCC1=C(CC)c2cc3[nH]c(c(C#CC#Cc4c5nc(cc6ccc([nH]6)c(C#CC#Cc6c7nc(cc8[nH]c(cc9nc(cc%10[nH]c6c(CC)c%10CC)C(CC)=C9CC)c(CC)c8CC)C(CC)=C7CC)c6nc(cc7ccc4[nH]7)C=C6)C=C5)c4nc(cc5[nH]c(cc1n2)c(CC)c5CC)C(CC)=C4CC)c(CC)c3CC. The zero-order valence-corrected chi connectivity index (χ0v) is 68.2. The van der Waals surface area contributed by atoms with Crippen LogP contribution in [0.3, 0.4) is 0 Å². The van der Waals surface area contributed by atoms with Crippen LogP contribution in [-0.4, -0.2) is 59.8 Å². The molecule has 6 N–H and O–H groups in total. The van der Waals surface area contributed by atoms with Gasteiger partial charge in [-0.25, -0.2) is 29.9 Å². The fourth-order valence-corrected chi connectivity index (χ4v) is 18.3. The third-order valence-corrected chi connectivity index (χ3v) is 23.5. The molecule has 24 bridgehead atoms. The van der Waals surface area contributed by atoms with Gasteiger partial charge >= 0.3 is 0 Å². The molecule has 0 radical (unpaired) electrons. The first kappa shape index (κ1) is 75.5. The van der Waals surface area contributed by atoms with Crippen molar-refractivity contribution in [3.05, 3.63) is 208 Å². The van der Waals surface area contributed by atoms with Gasteiger partial charge in [0.2, 0.25) is 0 Å². The van der Waals surface area contributed by atoms with Crippen LogP contribution in [0.4, 0.5) is 0 Å². The molecule has 15 rings (SSSR count). The molecule has 0 spiro atoms. The van der Waals surface area contributed by atoms with Gasteiger partial charge in [0.15, 0.2) is 0 Å². The summed E-state index contributed by atoms with van der Waals surface area (Å²) >= 11 is 0. The van der Waals surface area contributed by atoms with Crippen molar-refractivity contribution in [2.24, 2.45) is 0 Å². The second-order valence-electron chi connectivity index (χ2n) is 29.3. The second kappa shape index (κ2) is 32.2. The van der Waals surface area contributed by atoms with Gasteiger partial charge in [-0.05, 0) is 336 Å². The van der Waals surface area contributed by atoms with E-state index in [0.29, 0.717) is 0 Å². The number of rotatable bonds is 16. The Morgan fingerprint density at radius 1 is 0.232 bits per heavy atom. The van der Waals surface area contributed by atoms with Crippen molar-refractivity contribution in [2.75, 3.05) is 0 Å². The maximum Gasteiger partial charge on any atom is 0.0850 e. The molecular formula is C100H102N12. The number of H-pyrrole nitrogens is 6. The highest BCUT2D eigenvalue weighted by Crippen LogP contribution is 2.44. The largest absolute Gasteiger partial charge is 0.355 e. The third kappa shape index (κ3) is 13.4. The Hall–Kier alpha value is -12.0. The molecule has 0 atom stereocenters. The summed E-state index contributed by atoms with van der Waals surface area (Å²) in [6.45, 7) is 36.0. The Bertz CT molecular complexity index is 6090. The maximum atomic E-state index is 5.67. The van der Waals surface area contributed by atoms with E-state index in [4.69, 9.17) is 29.9 Å². The zero-order chi connectivity index (χ0) is 78.2. The molecule has 6 aliphatic rings. The first-order valence-corrected chi connectivity index (χ1v) is 41.4. The number of allylic oxidation sites excluding steroid dienone is 8. The van der Waals surface area contributed by atoms with Gasteiger partial charge in [0, 0.05) is 44.1 Å². The summed E-state index contributed by atoms with van der Waals surface area (Å²) in [7, 11) is 0. The van der Waals surface area contributed by atoms with Crippen molar-refractivity contribution < 1.29 is 0 Å². The topological polar surface area (TPSA) is 172 Å². The number of nitrogens with zero attached hydrogens (tertiary/aromatic N) is 6. The lowest BCUT2D eigenvalue weighted by molar-refractivity contribution is 1.07. The fourth-order valence-electron chi connectivity index (χ4n) is 18.3. The molecule has 0 amide bonds. The minimum Gasteiger partial charge on any atom is -0.355 e. The molecule has 562 valence electrons. The van der Waals surface area contributed by atoms with Gasteiger partial charge in [0.1, 0.15) is 0 Å². The Labute approximate surface area is 659 Å². The molecule has 9 aromatic rings. The van der Waals surface area contributed by atoms with E-state index in [9.17, 15) is 0 Å². The van der Waals surface area contributed by atoms with E-state index in [1.807, 2.05) is 24.3 Å². The van der Waals surface area contributed by atoms with E-state index >= 15 is 0 Å². The summed E-state index contributed by atoms with van der Waals surface area (Å²) in [6.07, 6.45) is 21.8. The minimum absolute atomic E-state index is 0.719. The first-order valence-electron chi connectivity index (χ1n) is 41.4. The maximum absolute atomic E-state index is 5.67. The summed E-state index contributed by atoms with van der Waals surface area (Å²) < 4.78 is 0. The highest BCUT2D eigenvalue weighted by Gasteiger charge is 2.28. The number of aromatic nitrogens is 12. The Balaban J connectivity index is 0.886. The highest BCUT2D eigenvalue weighted by atomic mass is 14.8.